The molecule has 15 heteroatoms. The van der Waals surface area contributed by atoms with Gasteiger partial charge in [0.05, 0.1) is 4.75 Å². The van der Waals surface area contributed by atoms with Crippen molar-refractivity contribution in [2.24, 2.45) is 0 Å². The average Bonchev–Trinajstić information content (AvgIpc) is 2.99. The van der Waals surface area contributed by atoms with Crippen LogP contribution in [0.15, 0.2) is 30.3 Å². The fourth-order valence-electron chi connectivity index (χ4n) is 3.99. The molecular weight excluding hydrogens is 547 g/mol. The van der Waals surface area contributed by atoms with Crippen LogP contribution in [0.25, 0.3) is 0 Å². The first-order chi connectivity index (χ1) is 16.2. The standard InChI is InChI=1S/C20H21Cl3N4O7S/c1-18(2)20(16(31)32,24-9-28)27-14(30)12(15(27)35-18)25-13(29)11(10-6-4-3-5-7-10)26-17(33)34-8-19(21,22)23/h3-7,9,11-12,15H,8H2,1-2H3,(H,24,28)(H,25,29)(H,26,33)(H,31,32)/t11?,12-,15+,20-/m0/s1. The van der Waals surface area contributed by atoms with Gasteiger partial charge in [-0.2, -0.15) is 0 Å². The third-order valence-electron chi connectivity index (χ3n) is 5.59. The van der Waals surface area contributed by atoms with E-state index in [0.717, 1.165) is 16.7 Å². The Hall–Kier alpha value is -2.41. The predicted octanol–water partition coefficient (Wildman–Crippen LogP) is 1.53. The quantitative estimate of drug-likeness (QED) is 0.209. The summed E-state index contributed by atoms with van der Waals surface area (Å²) in [7, 11) is 0. The minimum Gasteiger partial charge on any atom is -0.478 e. The third-order valence-corrected chi connectivity index (χ3v) is 7.53. The lowest BCUT2D eigenvalue weighted by Crippen LogP contribution is -2.79. The van der Waals surface area contributed by atoms with Gasteiger partial charge in [-0.15, -0.1) is 11.8 Å². The Labute approximate surface area is 219 Å². The first-order valence-electron chi connectivity index (χ1n) is 10.1. The third kappa shape index (κ3) is 5.11. The van der Waals surface area contributed by atoms with Crippen molar-refractivity contribution in [2.75, 3.05) is 6.61 Å². The topological polar surface area (TPSA) is 154 Å². The second-order valence-electron chi connectivity index (χ2n) is 8.17. The van der Waals surface area contributed by atoms with Gasteiger partial charge in [-0.3, -0.25) is 19.3 Å². The summed E-state index contributed by atoms with van der Waals surface area (Å²) in [5.74, 6) is -2.87. The number of amides is 4. The summed E-state index contributed by atoms with van der Waals surface area (Å²) in [5.41, 5.74) is -1.62. The van der Waals surface area contributed by atoms with Crippen molar-refractivity contribution in [3.8, 4) is 0 Å². The number of hydrogen-bond donors (Lipinski definition) is 4. The number of hydrogen-bond acceptors (Lipinski definition) is 7. The summed E-state index contributed by atoms with van der Waals surface area (Å²) in [4.78, 5) is 62.7. The number of carboxylic acids is 1. The highest BCUT2D eigenvalue weighted by Gasteiger charge is 2.73. The molecule has 0 aliphatic carbocycles. The maximum Gasteiger partial charge on any atom is 0.408 e. The number of halogens is 3. The molecule has 4 N–H and O–H groups in total. The van der Waals surface area contributed by atoms with Crippen molar-refractivity contribution in [2.45, 2.75) is 45.5 Å². The number of thioether (sulfide) groups is 1. The van der Waals surface area contributed by atoms with Crippen LogP contribution in [0.3, 0.4) is 0 Å². The molecule has 0 radical (unpaired) electrons. The number of nitrogens with zero attached hydrogens (tertiary/aromatic N) is 1. The summed E-state index contributed by atoms with van der Waals surface area (Å²) < 4.78 is 1.85. The number of fused-ring (bicyclic) bond motifs is 1. The van der Waals surface area contributed by atoms with Gasteiger partial charge in [0.15, 0.2) is 0 Å². The second kappa shape index (κ2) is 9.92. The summed E-state index contributed by atoms with van der Waals surface area (Å²) in [6, 6.07) is 5.75. The van der Waals surface area contributed by atoms with E-state index in [4.69, 9.17) is 39.5 Å². The zero-order valence-electron chi connectivity index (χ0n) is 18.3. The van der Waals surface area contributed by atoms with Crippen LogP contribution in [0.1, 0.15) is 25.5 Å². The van der Waals surface area contributed by atoms with Gasteiger partial charge in [-0.25, -0.2) is 9.59 Å². The first-order valence-corrected chi connectivity index (χ1v) is 12.1. The van der Waals surface area contributed by atoms with E-state index in [1.807, 2.05) is 0 Å². The maximum absolute atomic E-state index is 13.2. The number of nitrogens with one attached hydrogen (secondary N) is 3. The molecule has 3 rings (SSSR count). The van der Waals surface area contributed by atoms with Crippen molar-refractivity contribution in [3.63, 3.8) is 0 Å². The van der Waals surface area contributed by atoms with Crippen LogP contribution >= 0.6 is 46.6 Å². The van der Waals surface area contributed by atoms with Crippen molar-refractivity contribution in [1.29, 1.82) is 0 Å². The Kier molecular flexibility index (Phi) is 7.70. The lowest BCUT2D eigenvalue weighted by atomic mass is 9.88. The van der Waals surface area contributed by atoms with Crippen LogP contribution in [0.5, 0.6) is 0 Å². The van der Waals surface area contributed by atoms with Crippen LogP contribution in [-0.2, 0) is 23.9 Å². The fourth-order valence-corrected chi connectivity index (χ4v) is 5.86. The summed E-state index contributed by atoms with van der Waals surface area (Å²) in [5, 5.41) is 16.3. The number of carboxylic acid groups (broad SMARTS) is 1. The van der Waals surface area contributed by atoms with Crippen molar-refractivity contribution in [1.82, 2.24) is 20.9 Å². The molecular formula is C20H21Cl3N4O7S. The molecule has 11 nitrogen and oxygen atoms in total. The summed E-state index contributed by atoms with van der Waals surface area (Å²) in [6.07, 6.45) is -0.825. The minimum absolute atomic E-state index is 0.218. The molecule has 0 aromatic heterocycles. The molecule has 2 aliphatic rings. The molecule has 2 aliphatic heterocycles. The van der Waals surface area contributed by atoms with Crippen LogP contribution in [0.2, 0.25) is 0 Å². The van der Waals surface area contributed by atoms with Gasteiger partial charge in [0.25, 0.3) is 5.91 Å². The molecule has 0 bridgehead atoms. The van der Waals surface area contributed by atoms with Gasteiger partial charge in [-0.1, -0.05) is 65.1 Å². The van der Waals surface area contributed by atoms with E-state index in [9.17, 15) is 29.1 Å². The SMILES string of the molecule is CC1(C)S[C@@H]2[C@@H](NC(=O)C(NC(=O)OCC(Cl)(Cl)Cl)c3ccccc3)C(=O)N2[C@@]1(NC=O)C(=O)O. The monoisotopic (exact) mass is 566 g/mol. The Morgan fingerprint density at radius 2 is 1.89 bits per heavy atom. The zero-order chi connectivity index (χ0) is 26.2. The number of β-lactam (4-membered cyclic amide) rings is 1. The van der Waals surface area contributed by atoms with E-state index in [0.29, 0.717) is 5.56 Å². The Bertz CT molecular complexity index is 1040. The molecule has 0 spiro atoms. The molecule has 4 amide bonds. The second-order valence-corrected chi connectivity index (χ2v) is 12.4. The van der Waals surface area contributed by atoms with Gasteiger partial charge >= 0.3 is 12.1 Å². The smallest absolute Gasteiger partial charge is 0.408 e. The minimum atomic E-state index is -2.00. The number of rotatable bonds is 8. The van der Waals surface area contributed by atoms with Gasteiger partial charge in [0.2, 0.25) is 21.8 Å². The van der Waals surface area contributed by atoms with E-state index < -0.39 is 62.1 Å². The molecule has 2 heterocycles. The Morgan fingerprint density at radius 1 is 1.26 bits per heavy atom. The molecule has 1 aromatic carbocycles. The molecule has 35 heavy (non-hydrogen) atoms. The number of alkyl halides is 3. The van der Waals surface area contributed by atoms with Crippen LogP contribution in [-0.4, -0.2) is 72.5 Å². The Morgan fingerprint density at radius 3 is 2.43 bits per heavy atom. The molecule has 2 saturated heterocycles. The molecule has 1 aromatic rings. The highest BCUT2D eigenvalue weighted by molar-refractivity contribution is 8.01. The average molecular weight is 568 g/mol. The van der Waals surface area contributed by atoms with E-state index in [1.54, 1.807) is 44.2 Å². The number of aliphatic carboxylic acids is 1. The van der Waals surface area contributed by atoms with E-state index in [1.165, 1.54) is 0 Å². The molecule has 2 fully saturated rings. The van der Waals surface area contributed by atoms with Crippen molar-refractivity contribution >= 4 is 76.9 Å². The highest BCUT2D eigenvalue weighted by Crippen LogP contribution is 2.55. The van der Waals surface area contributed by atoms with Gasteiger partial charge < -0.3 is 25.8 Å². The number of alkyl carbamates (subject to hydrolysis) is 1. The number of ether oxygens (including phenoxy) is 1. The number of benzene rings is 1. The normalized spacial score (nSPS) is 25.5. The lowest BCUT2D eigenvalue weighted by molar-refractivity contribution is -0.175. The van der Waals surface area contributed by atoms with E-state index in [2.05, 4.69) is 16.0 Å². The number of carbonyl (C=O) groups is 5. The van der Waals surface area contributed by atoms with Gasteiger partial charge in [0, 0.05) is 0 Å². The van der Waals surface area contributed by atoms with E-state index in [-0.39, 0.29) is 6.41 Å². The first kappa shape index (κ1) is 27.2. The molecule has 190 valence electrons. The van der Waals surface area contributed by atoms with Crippen molar-refractivity contribution < 1.29 is 33.8 Å². The van der Waals surface area contributed by atoms with Gasteiger partial charge in [0.1, 0.15) is 24.1 Å². The summed E-state index contributed by atoms with van der Waals surface area (Å²) >= 11 is 17.9. The van der Waals surface area contributed by atoms with E-state index >= 15 is 0 Å². The van der Waals surface area contributed by atoms with Gasteiger partial charge in [-0.05, 0) is 19.4 Å². The zero-order valence-corrected chi connectivity index (χ0v) is 21.4. The lowest BCUT2D eigenvalue weighted by Gasteiger charge is -2.49. The maximum atomic E-state index is 13.2. The Balaban J connectivity index is 1.80. The molecule has 1 unspecified atom stereocenters. The number of carbonyl (C=O) groups excluding carboxylic acids is 4. The predicted molar refractivity (Wildman–Crippen MR) is 128 cm³/mol. The largest absolute Gasteiger partial charge is 0.478 e. The van der Waals surface area contributed by atoms with Crippen LogP contribution < -0.4 is 16.0 Å². The molecule has 4 atom stereocenters. The summed E-state index contributed by atoms with van der Waals surface area (Å²) in [6.45, 7) is 2.57. The fraction of sp³-hybridized carbons (Fsp3) is 0.450. The van der Waals surface area contributed by atoms with Crippen LogP contribution in [0, 0.1) is 0 Å². The highest BCUT2D eigenvalue weighted by atomic mass is 35.6. The van der Waals surface area contributed by atoms with Crippen molar-refractivity contribution in [3.05, 3.63) is 35.9 Å². The van der Waals surface area contributed by atoms with Crippen LogP contribution in [0.4, 0.5) is 4.79 Å². The molecule has 0 saturated carbocycles.